The number of ether oxygens (including phenoxy) is 2. The van der Waals surface area contributed by atoms with Crippen LogP contribution in [-0.4, -0.2) is 72.5 Å². The number of rotatable bonds is 7. The van der Waals surface area contributed by atoms with E-state index in [1.54, 1.807) is 4.90 Å². The smallest absolute Gasteiger partial charge is 0.409 e. The Balaban J connectivity index is 1.51. The van der Waals surface area contributed by atoms with Gasteiger partial charge >= 0.3 is 12.1 Å². The molecule has 1 fully saturated rings. The Morgan fingerprint density at radius 3 is 2.87 bits per heavy atom. The maximum Gasteiger partial charge on any atom is 0.409 e. The van der Waals surface area contributed by atoms with E-state index < -0.39 is 8.07 Å². The van der Waals surface area contributed by atoms with Gasteiger partial charge in [0.15, 0.2) is 11.5 Å². The topological polar surface area (TPSA) is 111 Å². The number of likely N-dealkylation sites (tertiary alicyclic amines) is 1. The van der Waals surface area contributed by atoms with Crippen molar-refractivity contribution in [2.24, 2.45) is 0 Å². The maximum atomic E-state index is 12.3. The van der Waals surface area contributed by atoms with E-state index in [0.29, 0.717) is 43.2 Å². The molecule has 2 aromatic rings. The number of nitrogens with zero attached hydrogens (tertiary/aromatic N) is 4. The molecule has 1 aliphatic rings. The first kappa shape index (κ1) is 22.0. The Morgan fingerprint density at radius 1 is 1.33 bits per heavy atom. The van der Waals surface area contributed by atoms with E-state index in [-0.39, 0.29) is 18.2 Å². The number of fused-ring (bicyclic) bond motifs is 1. The van der Waals surface area contributed by atoms with Crippen LogP contribution >= 0.6 is 0 Å². The second-order valence-electron chi connectivity index (χ2n) is 8.60. The second kappa shape index (κ2) is 9.43. The van der Waals surface area contributed by atoms with E-state index in [9.17, 15) is 9.59 Å². The standard InChI is InChI=1S/C19H30N6O4Si/c1-28-19(27)24-7-5-14(12-24)21-18(26)23-16-11-20-17-15(22-16)6-8-25(17)13-29-9-10-30(2,3)4/h6,8,11,14H,5,7,9-10,12-13H2,1-4H3,(H2,21,22,23,26). The summed E-state index contributed by atoms with van der Waals surface area (Å²) in [7, 11) is 0.229. The largest absolute Gasteiger partial charge is 0.453 e. The molecule has 10 nitrogen and oxygen atoms in total. The quantitative estimate of drug-likeness (QED) is 0.512. The summed E-state index contributed by atoms with van der Waals surface area (Å²) >= 11 is 0. The third-order valence-electron chi connectivity index (χ3n) is 4.89. The number of methoxy groups -OCH3 is 1. The van der Waals surface area contributed by atoms with Gasteiger partial charge in [-0.15, -0.1) is 0 Å². The number of anilines is 1. The normalized spacial score (nSPS) is 16.7. The van der Waals surface area contributed by atoms with Crippen molar-refractivity contribution in [1.82, 2.24) is 24.8 Å². The zero-order valence-corrected chi connectivity index (χ0v) is 19.0. The highest BCUT2D eigenvalue weighted by Crippen LogP contribution is 2.15. The van der Waals surface area contributed by atoms with Crippen molar-refractivity contribution in [2.75, 3.05) is 32.1 Å². The van der Waals surface area contributed by atoms with Gasteiger partial charge in [0.25, 0.3) is 0 Å². The SMILES string of the molecule is COC(=O)N1CCC(NC(=O)Nc2cnc3c(ccn3COCC[Si](C)(C)C)n2)C1. The molecule has 11 heteroatoms. The number of urea groups is 1. The number of carbonyl (C=O) groups excluding carboxylic acids is 2. The Kier molecular flexibility index (Phi) is 6.93. The number of nitrogens with one attached hydrogen (secondary N) is 2. The van der Waals surface area contributed by atoms with Crippen molar-refractivity contribution in [3.8, 4) is 0 Å². The van der Waals surface area contributed by atoms with Gasteiger partial charge in [0.05, 0.1) is 13.3 Å². The van der Waals surface area contributed by atoms with Crippen LogP contribution in [0.3, 0.4) is 0 Å². The molecule has 3 heterocycles. The molecule has 0 radical (unpaired) electrons. The minimum absolute atomic E-state index is 0.129. The molecule has 2 N–H and O–H groups in total. The van der Waals surface area contributed by atoms with Crippen molar-refractivity contribution >= 4 is 37.2 Å². The monoisotopic (exact) mass is 434 g/mol. The lowest BCUT2D eigenvalue weighted by atomic mass is 10.3. The Hall–Kier alpha value is -2.66. The van der Waals surface area contributed by atoms with Crippen LogP contribution < -0.4 is 10.6 Å². The highest BCUT2D eigenvalue weighted by atomic mass is 28.3. The predicted octanol–water partition coefficient (Wildman–Crippen LogP) is 2.71. The summed E-state index contributed by atoms with van der Waals surface area (Å²) in [5.74, 6) is 0.361. The Bertz CT molecular complexity index is 897. The van der Waals surface area contributed by atoms with Crippen LogP contribution in [-0.2, 0) is 16.2 Å². The molecule has 1 unspecified atom stereocenters. The molecular formula is C19H30N6O4Si. The zero-order chi connectivity index (χ0) is 21.7. The summed E-state index contributed by atoms with van der Waals surface area (Å²) in [6, 6.07) is 2.45. The average molecular weight is 435 g/mol. The molecule has 1 saturated heterocycles. The van der Waals surface area contributed by atoms with Crippen LogP contribution in [0.2, 0.25) is 25.7 Å². The van der Waals surface area contributed by atoms with E-state index in [1.807, 2.05) is 16.8 Å². The van der Waals surface area contributed by atoms with Crippen LogP contribution in [0.25, 0.3) is 11.2 Å². The molecule has 0 bridgehead atoms. The predicted molar refractivity (Wildman–Crippen MR) is 116 cm³/mol. The third-order valence-corrected chi connectivity index (χ3v) is 6.59. The van der Waals surface area contributed by atoms with Crippen LogP contribution in [0.4, 0.5) is 15.4 Å². The van der Waals surface area contributed by atoms with E-state index in [2.05, 4.69) is 40.2 Å². The molecule has 1 atom stereocenters. The lowest BCUT2D eigenvalue weighted by Crippen LogP contribution is -2.40. The van der Waals surface area contributed by atoms with Crippen LogP contribution in [0.15, 0.2) is 18.5 Å². The fourth-order valence-corrected chi connectivity index (χ4v) is 3.93. The molecule has 1 aliphatic heterocycles. The third kappa shape index (κ3) is 5.92. The van der Waals surface area contributed by atoms with Crippen molar-refractivity contribution in [3.05, 3.63) is 18.5 Å². The van der Waals surface area contributed by atoms with Crippen molar-refractivity contribution < 1.29 is 19.1 Å². The van der Waals surface area contributed by atoms with Gasteiger partial charge in [0, 0.05) is 40.0 Å². The maximum absolute atomic E-state index is 12.3. The summed E-state index contributed by atoms with van der Waals surface area (Å²) in [6.07, 6.45) is 3.69. The molecule has 0 spiro atoms. The van der Waals surface area contributed by atoms with Gasteiger partial charge in [-0.25, -0.2) is 19.6 Å². The first-order chi connectivity index (χ1) is 14.2. The second-order valence-corrected chi connectivity index (χ2v) is 14.2. The van der Waals surface area contributed by atoms with Gasteiger partial charge in [-0.05, 0) is 18.5 Å². The van der Waals surface area contributed by atoms with Crippen molar-refractivity contribution in [2.45, 2.75) is 44.9 Å². The van der Waals surface area contributed by atoms with Gasteiger partial charge in [-0.3, -0.25) is 5.32 Å². The summed E-state index contributed by atoms with van der Waals surface area (Å²) in [5, 5.41) is 5.55. The highest BCUT2D eigenvalue weighted by Gasteiger charge is 2.27. The number of hydrogen-bond acceptors (Lipinski definition) is 6. The lowest BCUT2D eigenvalue weighted by molar-refractivity contribution is 0.0899. The molecular weight excluding hydrogens is 404 g/mol. The molecule has 3 amide bonds. The molecule has 30 heavy (non-hydrogen) atoms. The first-order valence-corrected chi connectivity index (χ1v) is 13.8. The molecule has 164 valence electrons. The summed E-state index contributed by atoms with van der Waals surface area (Å²) < 4.78 is 12.4. The molecule has 0 aromatic carbocycles. The first-order valence-electron chi connectivity index (χ1n) is 10.1. The number of amides is 3. The molecule has 0 aliphatic carbocycles. The van der Waals surface area contributed by atoms with Crippen LogP contribution in [0.5, 0.6) is 0 Å². The highest BCUT2D eigenvalue weighted by molar-refractivity contribution is 6.76. The Morgan fingerprint density at radius 2 is 2.13 bits per heavy atom. The minimum atomic E-state index is -1.12. The summed E-state index contributed by atoms with van der Waals surface area (Å²) in [5.41, 5.74) is 1.39. The molecule has 3 rings (SSSR count). The fourth-order valence-electron chi connectivity index (χ4n) is 3.18. The summed E-state index contributed by atoms with van der Waals surface area (Å²) in [4.78, 5) is 34.2. The molecule has 2 aromatic heterocycles. The van der Waals surface area contributed by atoms with E-state index in [4.69, 9.17) is 9.47 Å². The van der Waals surface area contributed by atoms with Gasteiger partial charge in [-0.2, -0.15) is 0 Å². The van der Waals surface area contributed by atoms with Gasteiger partial charge in [0.2, 0.25) is 0 Å². The number of aromatic nitrogens is 3. The van der Waals surface area contributed by atoms with Crippen LogP contribution in [0, 0.1) is 0 Å². The van der Waals surface area contributed by atoms with Gasteiger partial charge < -0.3 is 24.3 Å². The minimum Gasteiger partial charge on any atom is -0.453 e. The van der Waals surface area contributed by atoms with Crippen LogP contribution in [0.1, 0.15) is 6.42 Å². The number of hydrogen-bond donors (Lipinski definition) is 2. The fraction of sp³-hybridized carbons (Fsp3) is 0.579. The lowest BCUT2D eigenvalue weighted by Gasteiger charge is -2.16. The average Bonchev–Trinajstić information content (AvgIpc) is 3.30. The summed E-state index contributed by atoms with van der Waals surface area (Å²) in [6.45, 7) is 9.09. The van der Waals surface area contributed by atoms with Crippen molar-refractivity contribution in [1.29, 1.82) is 0 Å². The molecule has 0 saturated carbocycles. The van der Waals surface area contributed by atoms with Crippen molar-refractivity contribution in [3.63, 3.8) is 0 Å². The Labute approximate surface area is 177 Å². The van der Waals surface area contributed by atoms with Gasteiger partial charge in [-0.1, -0.05) is 19.6 Å². The van der Waals surface area contributed by atoms with E-state index in [1.165, 1.54) is 13.3 Å². The zero-order valence-electron chi connectivity index (χ0n) is 18.0. The van der Waals surface area contributed by atoms with E-state index >= 15 is 0 Å². The number of carbonyl (C=O) groups is 2. The van der Waals surface area contributed by atoms with Gasteiger partial charge in [0.1, 0.15) is 12.2 Å². The van der Waals surface area contributed by atoms with E-state index in [0.717, 1.165) is 12.7 Å².